The van der Waals surface area contributed by atoms with E-state index in [1.165, 1.54) is 6.08 Å². The summed E-state index contributed by atoms with van der Waals surface area (Å²) in [6.07, 6.45) is 1.34. The lowest BCUT2D eigenvalue weighted by atomic mass is 10.3. The van der Waals surface area contributed by atoms with Crippen LogP contribution in [0.1, 0.15) is 6.92 Å². The van der Waals surface area contributed by atoms with E-state index in [1.807, 2.05) is 0 Å². The molecule has 1 rings (SSSR count). The second-order valence-corrected chi connectivity index (χ2v) is 2.01. The van der Waals surface area contributed by atoms with Gasteiger partial charge in [-0.1, -0.05) is 11.6 Å². The van der Waals surface area contributed by atoms with Crippen LogP contribution in [0.5, 0.6) is 0 Å². The molecule has 0 aromatic rings. The first kappa shape index (κ1) is 6.29. The molecular formula is C5H4ClN2O. The number of nitrogens with zero attached hydrogens (tertiary/aromatic N) is 2. The number of amides is 1. The molecule has 3 nitrogen and oxygen atoms in total. The van der Waals surface area contributed by atoms with Gasteiger partial charge in [-0.05, 0) is 12.5 Å². The fourth-order valence-corrected chi connectivity index (χ4v) is 0.538. The van der Waals surface area contributed by atoms with Crippen LogP contribution in [0.2, 0.25) is 0 Å². The quantitative estimate of drug-likeness (QED) is 0.491. The molecule has 0 bridgehead atoms. The number of halogens is 1. The van der Waals surface area contributed by atoms with Gasteiger partial charge in [-0.3, -0.25) is 4.79 Å². The lowest BCUT2D eigenvalue weighted by Crippen LogP contribution is -2.14. The summed E-state index contributed by atoms with van der Waals surface area (Å²) in [6.45, 7) is 1.71. The Balaban J connectivity index is 2.87. The summed E-state index contributed by atoms with van der Waals surface area (Å²) >= 11 is 5.47. The van der Waals surface area contributed by atoms with E-state index in [4.69, 9.17) is 11.6 Å². The molecule has 0 aliphatic carbocycles. The summed E-state index contributed by atoms with van der Waals surface area (Å²) in [5.74, 6) is -0.350. The van der Waals surface area contributed by atoms with Gasteiger partial charge < -0.3 is 0 Å². The van der Waals surface area contributed by atoms with Gasteiger partial charge in [0.05, 0.1) is 0 Å². The molecule has 1 heterocycles. The van der Waals surface area contributed by atoms with E-state index in [-0.39, 0.29) is 11.1 Å². The number of rotatable bonds is 0. The van der Waals surface area contributed by atoms with Crippen LogP contribution < -0.4 is 5.43 Å². The number of carbonyl (C=O) groups excluding carboxylic acids is 1. The number of hydrogen-bond donors (Lipinski definition) is 0. The Morgan fingerprint density at radius 1 is 1.67 bits per heavy atom. The second-order valence-electron chi connectivity index (χ2n) is 1.66. The molecule has 1 amide bonds. The van der Waals surface area contributed by atoms with E-state index >= 15 is 0 Å². The van der Waals surface area contributed by atoms with Crippen LogP contribution in [0, 0.1) is 0 Å². The summed E-state index contributed by atoms with van der Waals surface area (Å²) in [5.41, 5.74) is 3.87. The van der Waals surface area contributed by atoms with E-state index in [0.717, 1.165) is 0 Å². The van der Waals surface area contributed by atoms with Crippen molar-refractivity contribution in [1.82, 2.24) is 5.43 Å². The Labute approximate surface area is 57.4 Å². The van der Waals surface area contributed by atoms with Crippen molar-refractivity contribution in [2.45, 2.75) is 6.92 Å². The Kier molecular flexibility index (Phi) is 1.53. The summed E-state index contributed by atoms with van der Waals surface area (Å²) in [7, 11) is 0. The lowest BCUT2D eigenvalue weighted by molar-refractivity contribution is -0.116. The molecule has 47 valence electrons. The third-order valence-electron chi connectivity index (χ3n) is 0.902. The fourth-order valence-electron chi connectivity index (χ4n) is 0.446. The van der Waals surface area contributed by atoms with Crippen molar-refractivity contribution in [3.63, 3.8) is 0 Å². The van der Waals surface area contributed by atoms with Crippen molar-refractivity contribution in [3.05, 3.63) is 11.6 Å². The minimum atomic E-state index is -0.350. The number of allylic oxidation sites excluding steroid dienone is 1. The highest BCUT2D eigenvalue weighted by atomic mass is 35.5. The monoisotopic (exact) mass is 143 g/mol. The zero-order chi connectivity index (χ0) is 6.85. The molecule has 0 aromatic carbocycles. The van der Waals surface area contributed by atoms with Crippen molar-refractivity contribution < 1.29 is 4.79 Å². The molecule has 0 N–H and O–H groups in total. The summed E-state index contributed by atoms with van der Waals surface area (Å²) in [6, 6.07) is 0. The topological polar surface area (TPSA) is 43.5 Å². The molecule has 0 fully saturated rings. The molecule has 0 unspecified atom stereocenters. The van der Waals surface area contributed by atoms with Gasteiger partial charge >= 0.3 is 0 Å². The normalized spacial score (nSPS) is 18.2. The molecule has 0 aromatic heterocycles. The van der Waals surface area contributed by atoms with Crippen LogP contribution >= 0.6 is 11.6 Å². The highest BCUT2D eigenvalue weighted by Gasteiger charge is 2.08. The smallest absolute Gasteiger partial charge is 0.266 e. The maximum atomic E-state index is 10.4. The third kappa shape index (κ3) is 1.29. The van der Waals surface area contributed by atoms with Gasteiger partial charge in [0.25, 0.3) is 5.91 Å². The van der Waals surface area contributed by atoms with Gasteiger partial charge in [0.15, 0.2) is 5.17 Å². The second kappa shape index (κ2) is 2.19. The molecule has 0 spiro atoms. The molecule has 0 atom stereocenters. The highest BCUT2D eigenvalue weighted by molar-refractivity contribution is 6.69. The Morgan fingerprint density at radius 2 is 2.33 bits per heavy atom. The SMILES string of the molecule is CC1=CC(=O)[N]N=C1Cl. The fraction of sp³-hybridized carbons (Fsp3) is 0.200. The lowest BCUT2D eigenvalue weighted by Gasteiger charge is -2.00. The zero-order valence-electron chi connectivity index (χ0n) is 4.76. The molecule has 9 heavy (non-hydrogen) atoms. The summed E-state index contributed by atoms with van der Waals surface area (Å²) in [5, 5.41) is 3.67. The molecule has 0 saturated carbocycles. The van der Waals surface area contributed by atoms with Gasteiger partial charge in [-0.25, -0.2) is 0 Å². The van der Waals surface area contributed by atoms with Crippen molar-refractivity contribution in [2.24, 2.45) is 5.10 Å². The van der Waals surface area contributed by atoms with Crippen molar-refractivity contribution >= 4 is 22.7 Å². The number of carbonyl (C=O) groups is 1. The van der Waals surface area contributed by atoms with Gasteiger partial charge in [-0.15, -0.1) is 10.5 Å². The standard InChI is InChI=1S/C5H4ClN2O/c1-3-2-4(9)7-8-5(3)6/h2H,1H3. The van der Waals surface area contributed by atoms with E-state index < -0.39 is 0 Å². The van der Waals surface area contributed by atoms with Gasteiger partial charge in [-0.2, -0.15) is 0 Å². The third-order valence-corrected chi connectivity index (χ3v) is 1.28. The largest absolute Gasteiger partial charge is 0.288 e. The van der Waals surface area contributed by atoms with Crippen LogP contribution in [-0.2, 0) is 4.79 Å². The molecule has 1 radical (unpaired) electrons. The van der Waals surface area contributed by atoms with Gasteiger partial charge in [0, 0.05) is 6.08 Å². The first-order chi connectivity index (χ1) is 4.20. The Bertz CT molecular complexity index is 207. The van der Waals surface area contributed by atoms with E-state index in [2.05, 4.69) is 10.5 Å². The van der Waals surface area contributed by atoms with Crippen molar-refractivity contribution in [1.29, 1.82) is 0 Å². The van der Waals surface area contributed by atoms with E-state index in [9.17, 15) is 4.79 Å². The molecule has 1 aliphatic rings. The average molecular weight is 144 g/mol. The van der Waals surface area contributed by atoms with E-state index in [1.54, 1.807) is 6.92 Å². The minimum absolute atomic E-state index is 0.287. The van der Waals surface area contributed by atoms with Crippen LogP contribution in [0.15, 0.2) is 16.8 Å². The number of hydrogen-bond acceptors (Lipinski definition) is 2. The molecule has 1 aliphatic heterocycles. The van der Waals surface area contributed by atoms with Gasteiger partial charge in [0.1, 0.15) is 0 Å². The van der Waals surface area contributed by atoms with Crippen LogP contribution in [0.25, 0.3) is 0 Å². The first-order valence-corrected chi connectivity index (χ1v) is 2.75. The minimum Gasteiger partial charge on any atom is -0.266 e. The first-order valence-electron chi connectivity index (χ1n) is 2.37. The summed E-state index contributed by atoms with van der Waals surface area (Å²) in [4.78, 5) is 10.4. The molecular weight excluding hydrogens is 140 g/mol. The maximum Gasteiger partial charge on any atom is 0.288 e. The van der Waals surface area contributed by atoms with Crippen LogP contribution in [0.4, 0.5) is 0 Å². The van der Waals surface area contributed by atoms with Crippen LogP contribution in [0.3, 0.4) is 0 Å². The van der Waals surface area contributed by atoms with Crippen molar-refractivity contribution in [2.75, 3.05) is 0 Å². The Morgan fingerprint density at radius 3 is 2.78 bits per heavy atom. The predicted molar refractivity (Wildman–Crippen MR) is 34.2 cm³/mol. The maximum absolute atomic E-state index is 10.4. The van der Waals surface area contributed by atoms with E-state index in [0.29, 0.717) is 5.57 Å². The van der Waals surface area contributed by atoms with Crippen molar-refractivity contribution in [3.8, 4) is 0 Å². The predicted octanol–water partition coefficient (Wildman–Crippen LogP) is 0.630. The average Bonchev–Trinajstić information content (AvgIpc) is 1.80. The highest BCUT2D eigenvalue weighted by Crippen LogP contribution is 2.04. The summed E-state index contributed by atoms with van der Waals surface area (Å²) < 4.78 is 0. The molecule has 0 saturated heterocycles. The Hall–Kier alpha value is -0.830. The van der Waals surface area contributed by atoms with Gasteiger partial charge in [0.2, 0.25) is 0 Å². The molecule has 4 heteroatoms. The van der Waals surface area contributed by atoms with Crippen LogP contribution in [-0.4, -0.2) is 11.1 Å². The zero-order valence-corrected chi connectivity index (χ0v) is 5.51.